The third-order valence-electron chi connectivity index (χ3n) is 2.81. The Morgan fingerprint density at radius 3 is 1.76 bits per heavy atom. The van der Waals surface area contributed by atoms with Crippen molar-refractivity contribution in [3.63, 3.8) is 0 Å². The molecule has 0 aliphatic rings. The summed E-state index contributed by atoms with van der Waals surface area (Å²) in [6.07, 6.45) is 2.14. The lowest BCUT2D eigenvalue weighted by Crippen LogP contribution is -2.02. The highest BCUT2D eigenvalue weighted by Gasteiger charge is 2.20. The van der Waals surface area contributed by atoms with Crippen molar-refractivity contribution in [2.75, 3.05) is 6.26 Å². The SMILES string of the molecule is CSC(c1ccccc1)C(S)c1ccccc1. The van der Waals surface area contributed by atoms with E-state index in [2.05, 4.69) is 60.9 Å². The van der Waals surface area contributed by atoms with Crippen LogP contribution in [0.2, 0.25) is 0 Å². The molecule has 0 spiro atoms. The molecule has 0 saturated heterocycles. The van der Waals surface area contributed by atoms with E-state index >= 15 is 0 Å². The summed E-state index contributed by atoms with van der Waals surface area (Å²) in [5.41, 5.74) is 2.61. The van der Waals surface area contributed by atoms with Crippen molar-refractivity contribution in [2.24, 2.45) is 0 Å². The van der Waals surface area contributed by atoms with Crippen LogP contribution >= 0.6 is 24.4 Å². The second-order valence-electron chi connectivity index (χ2n) is 3.92. The fraction of sp³-hybridized carbons (Fsp3) is 0.200. The van der Waals surface area contributed by atoms with Crippen molar-refractivity contribution < 1.29 is 0 Å². The predicted molar refractivity (Wildman–Crippen MR) is 80.9 cm³/mol. The lowest BCUT2D eigenvalue weighted by molar-refractivity contribution is 0.915. The molecule has 0 aliphatic carbocycles. The topological polar surface area (TPSA) is 0 Å². The molecule has 88 valence electrons. The highest BCUT2D eigenvalue weighted by Crippen LogP contribution is 2.42. The van der Waals surface area contributed by atoms with Gasteiger partial charge in [0.2, 0.25) is 0 Å². The zero-order valence-corrected chi connectivity index (χ0v) is 11.5. The smallest absolute Gasteiger partial charge is 0.0451 e. The van der Waals surface area contributed by atoms with Gasteiger partial charge in [-0.3, -0.25) is 0 Å². The quantitative estimate of drug-likeness (QED) is 0.773. The van der Waals surface area contributed by atoms with Crippen molar-refractivity contribution in [2.45, 2.75) is 10.5 Å². The molecule has 0 saturated carbocycles. The molecule has 2 heteroatoms. The van der Waals surface area contributed by atoms with Gasteiger partial charge in [0.05, 0.1) is 0 Å². The largest absolute Gasteiger partial charge is 0.170 e. The summed E-state index contributed by atoms with van der Waals surface area (Å²) in [7, 11) is 0. The van der Waals surface area contributed by atoms with Gasteiger partial charge in [0, 0.05) is 10.5 Å². The molecule has 0 radical (unpaired) electrons. The fourth-order valence-electron chi connectivity index (χ4n) is 1.91. The van der Waals surface area contributed by atoms with Crippen LogP contribution in [-0.2, 0) is 0 Å². The Morgan fingerprint density at radius 1 is 0.824 bits per heavy atom. The van der Waals surface area contributed by atoms with Crippen LogP contribution in [0.5, 0.6) is 0 Å². The van der Waals surface area contributed by atoms with E-state index in [4.69, 9.17) is 12.6 Å². The van der Waals surface area contributed by atoms with Crippen molar-refractivity contribution >= 4 is 24.4 Å². The second kappa shape index (κ2) is 6.18. The molecule has 0 heterocycles. The van der Waals surface area contributed by atoms with E-state index in [1.54, 1.807) is 0 Å². The maximum Gasteiger partial charge on any atom is 0.0451 e. The Kier molecular flexibility index (Phi) is 4.57. The second-order valence-corrected chi connectivity index (χ2v) is 5.46. The zero-order valence-electron chi connectivity index (χ0n) is 9.78. The number of hydrogen-bond acceptors (Lipinski definition) is 2. The molecule has 0 aliphatic heterocycles. The van der Waals surface area contributed by atoms with Gasteiger partial charge < -0.3 is 0 Å². The molecule has 2 aromatic rings. The van der Waals surface area contributed by atoms with Gasteiger partial charge in [-0.05, 0) is 17.4 Å². The average Bonchev–Trinajstić information content (AvgIpc) is 2.42. The van der Waals surface area contributed by atoms with E-state index in [1.807, 2.05) is 17.8 Å². The third kappa shape index (κ3) is 3.08. The number of benzene rings is 2. The average molecular weight is 260 g/mol. The minimum atomic E-state index is 0.230. The number of thioether (sulfide) groups is 1. The van der Waals surface area contributed by atoms with Crippen LogP contribution in [0.1, 0.15) is 21.6 Å². The van der Waals surface area contributed by atoms with Crippen molar-refractivity contribution in [3.8, 4) is 0 Å². The summed E-state index contributed by atoms with van der Waals surface area (Å²) >= 11 is 6.63. The molecule has 2 atom stereocenters. The van der Waals surface area contributed by atoms with Crippen LogP contribution in [0.25, 0.3) is 0 Å². The first-order chi connectivity index (χ1) is 8.33. The van der Waals surface area contributed by atoms with Crippen molar-refractivity contribution in [3.05, 3.63) is 71.8 Å². The minimum Gasteiger partial charge on any atom is -0.170 e. The molecular weight excluding hydrogens is 244 g/mol. The molecule has 0 nitrogen and oxygen atoms in total. The van der Waals surface area contributed by atoms with Crippen molar-refractivity contribution in [1.29, 1.82) is 0 Å². The normalized spacial score (nSPS) is 14.2. The van der Waals surface area contributed by atoms with Gasteiger partial charge in [-0.15, -0.1) is 0 Å². The highest BCUT2D eigenvalue weighted by atomic mass is 32.2. The van der Waals surface area contributed by atoms with Gasteiger partial charge in [0.15, 0.2) is 0 Å². The summed E-state index contributed by atoms with van der Waals surface area (Å²) in [6, 6.07) is 21.0. The van der Waals surface area contributed by atoms with Crippen molar-refractivity contribution in [1.82, 2.24) is 0 Å². The molecule has 0 amide bonds. The number of hydrogen-bond donors (Lipinski definition) is 1. The Hall–Kier alpha value is -0.860. The molecule has 0 aromatic heterocycles. The van der Waals surface area contributed by atoms with E-state index in [9.17, 15) is 0 Å². The predicted octanol–water partition coefficient (Wildman–Crippen LogP) is 4.76. The van der Waals surface area contributed by atoms with Crippen LogP contribution in [-0.4, -0.2) is 6.26 Å². The van der Waals surface area contributed by atoms with Crippen LogP contribution in [0.3, 0.4) is 0 Å². The summed E-state index contributed by atoms with van der Waals surface area (Å²) < 4.78 is 0. The standard InChI is InChI=1S/C15H16S2/c1-17-15(13-10-6-3-7-11-13)14(16)12-8-4-2-5-9-12/h2-11,14-16H,1H3. The molecule has 0 fully saturated rings. The summed E-state index contributed by atoms with van der Waals surface area (Å²) in [4.78, 5) is 0. The number of rotatable bonds is 4. The lowest BCUT2D eigenvalue weighted by atomic mass is 10.0. The van der Waals surface area contributed by atoms with Gasteiger partial charge in [-0.1, -0.05) is 60.7 Å². The molecule has 2 rings (SSSR count). The van der Waals surface area contributed by atoms with E-state index in [0.29, 0.717) is 5.25 Å². The van der Waals surface area contributed by atoms with Crippen LogP contribution in [0, 0.1) is 0 Å². The summed E-state index contributed by atoms with van der Waals surface area (Å²) in [6.45, 7) is 0. The Balaban J connectivity index is 2.25. The maximum absolute atomic E-state index is 4.79. The first-order valence-electron chi connectivity index (χ1n) is 5.63. The fourth-order valence-corrected chi connectivity index (χ4v) is 3.47. The summed E-state index contributed by atoms with van der Waals surface area (Å²) in [5.74, 6) is 0. The Morgan fingerprint density at radius 2 is 1.29 bits per heavy atom. The molecule has 2 unspecified atom stereocenters. The third-order valence-corrected chi connectivity index (χ3v) is 4.66. The number of thiol groups is 1. The summed E-state index contributed by atoms with van der Waals surface area (Å²) in [5, 5.41) is 0.621. The molecular formula is C15H16S2. The lowest BCUT2D eigenvalue weighted by Gasteiger charge is -2.22. The van der Waals surface area contributed by atoms with Gasteiger partial charge in [-0.2, -0.15) is 24.4 Å². The Bertz CT molecular complexity index is 439. The molecule has 0 bridgehead atoms. The van der Waals surface area contributed by atoms with Gasteiger partial charge in [-0.25, -0.2) is 0 Å². The molecule has 0 N–H and O–H groups in total. The zero-order chi connectivity index (χ0) is 12.1. The molecule has 17 heavy (non-hydrogen) atoms. The Labute approximate surface area is 113 Å². The first-order valence-corrected chi connectivity index (χ1v) is 7.44. The molecule has 2 aromatic carbocycles. The monoisotopic (exact) mass is 260 g/mol. The van der Waals surface area contributed by atoms with Gasteiger partial charge in [0.1, 0.15) is 0 Å². The van der Waals surface area contributed by atoms with Gasteiger partial charge >= 0.3 is 0 Å². The maximum atomic E-state index is 4.79. The van der Waals surface area contributed by atoms with Crippen LogP contribution in [0.4, 0.5) is 0 Å². The van der Waals surface area contributed by atoms with Crippen LogP contribution in [0.15, 0.2) is 60.7 Å². The van der Waals surface area contributed by atoms with E-state index in [-0.39, 0.29) is 5.25 Å². The minimum absolute atomic E-state index is 0.230. The van der Waals surface area contributed by atoms with E-state index in [0.717, 1.165) is 0 Å². The van der Waals surface area contributed by atoms with E-state index < -0.39 is 0 Å². The highest BCUT2D eigenvalue weighted by molar-refractivity contribution is 7.99. The van der Waals surface area contributed by atoms with Crippen LogP contribution < -0.4 is 0 Å². The first kappa shape index (κ1) is 12.6. The van der Waals surface area contributed by atoms with Gasteiger partial charge in [0.25, 0.3) is 0 Å². The van der Waals surface area contributed by atoms with E-state index in [1.165, 1.54) is 11.1 Å².